The van der Waals surface area contributed by atoms with Crippen molar-refractivity contribution < 1.29 is 0 Å². The Morgan fingerprint density at radius 1 is 1.07 bits per heavy atom. The summed E-state index contributed by atoms with van der Waals surface area (Å²) in [6.07, 6.45) is 0. The van der Waals surface area contributed by atoms with Crippen molar-refractivity contribution in [1.29, 1.82) is 0 Å². The SMILES string of the molecule is Cc1ccc(-c2nc(Cl)nc(Cl)n2)[nH]1. The highest BCUT2D eigenvalue weighted by Gasteiger charge is 2.06. The van der Waals surface area contributed by atoms with Crippen molar-refractivity contribution in [1.82, 2.24) is 19.9 Å². The molecule has 0 saturated heterocycles. The number of aromatic nitrogens is 4. The van der Waals surface area contributed by atoms with Crippen LogP contribution in [0.25, 0.3) is 11.5 Å². The van der Waals surface area contributed by atoms with Crippen molar-refractivity contribution in [2.45, 2.75) is 6.92 Å². The van der Waals surface area contributed by atoms with E-state index in [1.54, 1.807) is 0 Å². The Bertz CT molecular complexity index is 446. The molecule has 0 unspecified atom stereocenters. The van der Waals surface area contributed by atoms with Gasteiger partial charge in [0.05, 0.1) is 5.69 Å². The second kappa shape index (κ2) is 3.55. The van der Waals surface area contributed by atoms with E-state index < -0.39 is 0 Å². The van der Waals surface area contributed by atoms with Crippen LogP contribution in [0.2, 0.25) is 10.6 Å². The van der Waals surface area contributed by atoms with E-state index in [0.29, 0.717) is 5.82 Å². The van der Waals surface area contributed by atoms with Gasteiger partial charge in [-0.05, 0) is 42.3 Å². The molecule has 72 valence electrons. The maximum absolute atomic E-state index is 5.65. The Morgan fingerprint density at radius 2 is 1.71 bits per heavy atom. The van der Waals surface area contributed by atoms with Gasteiger partial charge in [0.1, 0.15) is 0 Å². The summed E-state index contributed by atoms with van der Waals surface area (Å²) < 4.78 is 0. The van der Waals surface area contributed by atoms with E-state index in [4.69, 9.17) is 23.2 Å². The summed E-state index contributed by atoms with van der Waals surface area (Å²) in [4.78, 5) is 14.6. The van der Waals surface area contributed by atoms with Crippen LogP contribution in [0.1, 0.15) is 5.69 Å². The van der Waals surface area contributed by atoms with Gasteiger partial charge in [-0.1, -0.05) is 0 Å². The minimum Gasteiger partial charge on any atom is -0.356 e. The van der Waals surface area contributed by atoms with E-state index in [9.17, 15) is 0 Å². The average molecular weight is 229 g/mol. The summed E-state index contributed by atoms with van der Waals surface area (Å²) in [5.41, 5.74) is 1.79. The first kappa shape index (κ1) is 9.43. The van der Waals surface area contributed by atoms with E-state index in [1.165, 1.54) is 0 Å². The van der Waals surface area contributed by atoms with E-state index in [-0.39, 0.29) is 10.6 Å². The Kier molecular flexibility index (Phi) is 2.39. The maximum atomic E-state index is 5.65. The van der Waals surface area contributed by atoms with Gasteiger partial charge in [-0.3, -0.25) is 0 Å². The van der Waals surface area contributed by atoms with Crippen molar-refractivity contribution in [3.8, 4) is 11.5 Å². The van der Waals surface area contributed by atoms with Crippen molar-refractivity contribution in [2.75, 3.05) is 0 Å². The first-order valence-electron chi connectivity index (χ1n) is 3.88. The average Bonchev–Trinajstić information content (AvgIpc) is 2.50. The molecule has 0 saturated carbocycles. The fourth-order valence-electron chi connectivity index (χ4n) is 1.08. The molecule has 6 heteroatoms. The Labute approximate surface area is 90.3 Å². The number of nitrogens with zero attached hydrogens (tertiary/aromatic N) is 3. The first-order chi connectivity index (χ1) is 6.65. The molecule has 0 aliphatic heterocycles. The molecule has 0 aliphatic carbocycles. The van der Waals surface area contributed by atoms with Gasteiger partial charge in [0.15, 0.2) is 5.82 Å². The molecule has 0 aromatic carbocycles. The maximum Gasteiger partial charge on any atom is 0.227 e. The zero-order valence-corrected chi connectivity index (χ0v) is 8.76. The van der Waals surface area contributed by atoms with Crippen LogP contribution in [0, 0.1) is 6.92 Å². The Balaban J connectivity index is 2.51. The number of nitrogens with one attached hydrogen (secondary N) is 1. The molecule has 0 atom stereocenters. The van der Waals surface area contributed by atoms with Gasteiger partial charge in [-0.2, -0.15) is 15.0 Å². The molecule has 0 bridgehead atoms. The highest BCUT2D eigenvalue weighted by Crippen LogP contribution is 2.16. The summed E-state index contributed by atoms with van der Waals surface area (Å²) in [6.45, 7) is 1.94. The molecule has 2 aromatic heterocycles. The lowest BCUT2D eigenvalue weighted by Crippen LogP contribution is -1.93. The summed E-state index contributed by atoms with van der Waals surface area (Å²) >= 11 is 11.3. The number of halogens is 2. The van der Waals surface area contributed by atoms with E-state index in [1.807, 2.05) is 19.1 Å². The smallest absolute Gasteiger partial charge is 0.227 e. The van der Waals surface area contributed by atoms with Gasteiger partial charge in [0.25, 0.3) is 0 Å². The molecule has 2 heterocycles. The number of H-pyrrole nitrogens is 1. The monoisotopic (exact) mass is 228 g/mol. The minimum atomic E-state index is 0.0900. The molecular weight excluding hydrogens is 223 g/mol. The van der Waals surface area contributed by atoms with Crippen molar-refractivity contribution in [3.63, 3.8) is 0 Å². The summed E-state index contributed by atoms with van der Waals surface area (Å²) in [5, 5.41) is 0.180. The summed E-state index contributed by atoms with van der Waals surface area (Å²) in [7, 11) is 0. The number of hydrogen-bond donors (Lipinski definition) is 1. The Hall–Kier alpha value is -1.13. The van der Waals surface area contributed by atoms with Gasteiger partial charge < -0.3 is 4.98 Å². The lowest BCUT2D eigenvalue weighted by Gasteiger charge is -1.97. The second-order valence-corrected chi connectivity index (χ2v) is 3.43. The third kappa shape index (κ3) is 1.86. The zero-order valence-electron chi connectivity index (χ0n) is 7.25. The summed E-state index contributed by atoms with van der Waals surface area (Å²) in [6, 6.07) is 3.78. The predicted octanol–water partition coefficient (Wildman–Crippen LogP) is 2.48. The van der Waals surface area contributed by atoms with Crippen LogP contribution < -0.4 is 0 Å². The number of aromatic amines is 1. The minimum absolute atomic E-state index is 0.0900. The van der Waals surface area contributed by atoms with Crippen molar-refractivity contribution in [2.24, 2.45) is 0 Å². The molecule has 0 radical (unpaired) electrons. The molecule has 14 heavy (non-hydrogen) atoms. The normalized spacial score (nSPS) is 10.5. The van der Waals surface area contributed by atoms with Crippen LogP contribution in [0.3, 0.4) is 0 Å². The van der Waals surface area contributed by atoms with Gasteiger partial charge in [0, 0.05) is 5.69 Å². The molecule has 4 nitrogen and oxygen atoms in total. The zero-order chi connectivity index (χ0) is 10.1. The van der Waals surface area contributed by atoms with Gasteiger partial charge >= 0.3 is 0 Å². The lowest BCUT2D eigenvalue weighted by atomic mass is 10.4. The van der Waals surface area contributed by atoms with Crippen LogP contribution in [0.5, 0.6) is 0 Å². The second-order valence-electron chi connectivity index (χ2n) is 2.75. The fraction of sp³-hybridized carbons (Fsp3) is 0.125. The third-order valence-electron chi connectivity index (χ3n) is 1.65. The first-order valence-corrected chi connectivity index (χ1v) is 4.64. The van der Waals surface area contributed by atoms with Crippen LogP contribution in [-0.4, -0.2) is 19.9 Å². The summed E-state index contributed by atoms with van der Waals surface area (Å²) in [5.74, 6) is 0.447. The van der Waals surface area contributed by atoms with Gasteiger partial charge in [-0.15, -0.1) is 0 Å². The topological polar surface area (TPSA) is 54.5 Å². The molecule has 2 rings (SSSR count). The van der Waals surface area contributed by atoms with Crippen LogP contribution in [-0.2, 0) is 0 Å². The highest BCUT2D eigenvalue weighted by molar-refractivity contribution is 6.31. The highest BCUT2D eigenvalue weighted by atomic mass is 35.5. The molecular formula is C8H6Cl2N4. The van der Waals surface area contributed by atoms with E-state index in [0.717, 1.165) is 11.4 Å². The largest absolute Gasteiger partial charge is 0.356 e. The molecule has 0 aliphatic rings. The number of rotatable bonds is 1. The van der Waals surface area contributed by atoms with E-state index in [2.05, 4.69) is 19.9 Å². The number of aryl methyl sites for hydroxylation is 1. The Morgan fingerprint density at radius 3 is 2.21 bits per heavy atom. The number of hydrogen-bond acceptors (Lipinski definition) is 3. The third-order valence-corrected chi connectivity index (χ3v) is 1.99. The standard InChI is InChI=1S/C8H6Cl2N4/c1-4-2-3-5(11-4)6-12-7(9)14-8(10)13-6/h2-3,11H,1H3. The lowest BCUT2D eigenvalue weighted by molar-refractivity contribution is 1.04. The van der Waals surface area contributed by atoms with E-state index >= 15 is 0 Å². The van der Waals surface area contributed by atoms with Crippen molar-refractivity contribution >= 4 is 23.2 Å². The van der Waals surface area contributed by atoms with Gasteiger partial charge in [0.2, 0.25) is 10.6 Å². The van der Waals surface area contributed by atoms with Crippen molar-refractivity contribution in [3.05, 3.63) is 28.4 Å². The molecule has 0 spiro atoms. The molecule has 1 N–H and O–H groups in total. The molecule has 2 aromatic rings. The fourth-order valence-corrected chi connectivity index (χ4v) is 1.44. The quantitative estimate of drug-likeness (QED) is 0.817. The predicted molar refractivity (Wildman–Crippen MR) is 54.4 cm³/mol. The molecule has 0 fully saturated rings. The van der Waals surface area contributed by atoms with Crippen LogP contribution in [0.15, 0.2) is 12.1 Å². The molecule has 0 amide bonds. The van der Waals surface area contributed by atoms with Crippen LogP contribution in [0.4, 0.5) is 0 Å². The van der Waals surface area contributed by atoms with Gasteiger partial charge in [-0.25, -0.2) is 0 Å². The van der Waals surface area contributed by atoms with Crippen LogP contribution >= 0.6 is 23.2 Å².